The molecule has 0 aliphatic carbocycles. The minimum Gasteiger partial charge on any atom is -0.457 e. The summed E-state index contributed by atoms with van der Waals surface area (Å²) in [5, 5.41) is 16.3. The minimum absolute atomic E-state index is 0.0829. The third-order valence-corrected chi connectivity index (χ3v) is 6.21. The van der Waals surface area contributed by atoms with E-state index in [-0.39, 0.29) is 17.6 Å². The number of rotatable bonds is 8. The standard InChI is InChI=1S/C25H27FN6O3/c26-16-2-4-17(5-3-16)35-18-6-7-19(15(12-18)14-32-10-1-11-32)24-30-21(23(27)33)13-22(31-24)29-20-8-9-28-25(20)34/h2-7,12-13,20,25,28,34H,1,8-11,14H2,(H2,27,33)(H,29,30,31). The van der Waals surface area contributed by atoms with E-state index < -0.39 is 12.1 Å². The molecule has 182 valence electrons. The Morgan fingerprint density at radius 1 is 1.17 bits per heavy atom. The number of nitrogens with zero attached hydrogens (tertiary/aromatic N) is 3. The van der Waals surface area contributed by atoms with Gasteiger partial charge >= 0.3 is 0 Å². The van der Waals surface area contributed by atoms with Crippen molar-refractivity contribution in [2.45, 2.75) is 31.7 Å². The molecule has 35 heavy (non-hydrogen) atoms. The van der Waals surface area contributed by atoms with Gasteiger partial charge in [-0.1, -0.05) is 0 Å². The SMILES string of the molecule is NC(=O)c1cc(NC2CCNC2O)nc(-c2ccc(Oc3ccc(F)cc3)cc2CN2CCC2)n1. The van der Waals surface area contributed by atoms with E-state index in [4.69, 9.17) is 10.5 Å². The number of carbonyl (C=O) groups excluding carboxylic acids is 1. The smallest absolute Gasteiger partial charge is 0.267 e. The van der Waals surface area contributed by atoms with Crippen molar-refractivity contribution >= 4 is 11.7 Å². The number of anilines is 1. The topological polar surface area (TPSA) is 126 Å². The number of nitrogens with one attached hydrogen (secondary N) is 2. The molecule has 9 nitrogen and oxygen atoms in total. The highest BCUT2D eigenvalue weighted by Crippen LogP contribution is 2.31. The lowest BCUT2D eigenvalue weighted by Crippen LogP contribution is -2.36. The first kappa shape index (κ1) is 23.2. The van der Waals surface area contributed by atoms with Crippen LogP contribution in [0, 0.1) is 5.82 Å². The molecule has 0 saturated carbocycles. The average molecular weight is 479 g/mol. The van der Waals surface area contributed by atoms with Gasteiger partial charge in [-0.25, -0.2) is 14.4 Å². The number of nitrogens with two attached hydrogens (primary N) is 1. The first-order chi connectivity index (χ1) is 16.9. The number of halogens is 1. The highest BCUT2D eigenvalue weighted by Gasteiger charge is 2.26. The van der Waals surface area contributed by atoms with Gasteiger partial charge in [0.05, 0.1) is 6.04 Å². The van der Waals surface area contributed by atoms with Gasteiger partial charge in [-0.2, -0.15) is 0 Å². The molecule has 0 bridgehead atoms. The molecule has 2 unspecified atom stereocenters. The molecule has 1 aromatic heterocycles. The van der Waals surface area contributed by atoms with Crippen LogP contribution in [-0.4, -0.2) is 57.8 Å². The predicted molar refractivity (Wildman–Crippen MR) is 128 cm³/mol. The van der Waals surface area contributed by atoms with Crippen molar-refractivity contribution in [2.24, 2.45) is 5.73 Å². The molecule has 2 aliphatic rings. The van der Waals surface area contributed by atoms with Gasteiger partial charge in [0, 0.05) is 18.2 Å². The monoisotopic (exact) mass is 478 g/mol. The Balaban J connectivity index is 1.50. The summed E-state index contributed by atoms with van der Waals surface area (Å²) >= 11 is 0. The van der Waals surface area contributed by atoms with Crippen molar-refractivity contribution in [3.8, 4) is 22.9 Å². The lowest BCUT2D eigenvalue weighted by atomic mass is 10.0. The van der Waals surface area contributed by atoms with E-state index in [0.717, 1.165) is 30.6 Å². The number of benzene rings is 2. The Kier molecular flexibility index (Phi) is 6.58. The molecule has 3 heterocycles. The fourth-order valence-electron chi connectivity index (χ4n) is 4.20. The van der Waals surface area contributed by atoms with Crippen LogP contribution in [0.4, 0.5) is 10.2 Å². The molecule has 5 N–H and O–H groups in total. The number of aliphatic hydroxyl groups is 1. The van der Waals surface area contributed by atoms with Crippen molar-refractivity contribution in [2.75, 3.05) is 25.0 Å². The second kappa shape index (κ2) is 9.95. The third kappa shape index (κ3) is 5.40. The highest BCUT2D eigenvalue weighted by molar-refractivity contribution is 5.92. The summed E-state index contributed by atoms with van der Waals surface area (Å²) in [5.41, 5.74) is 7.32. The second-order valence-corrected chi connectivity index (χ2v) is 8.77. The van der Waals surface area contributed by atoms with Gasteiger partial charge in [0.1, 0.15) is 35.1 Å². The highest BCUT2D eigenvalue weighted by atomic mass is 19.1. The lowest BCUT2D eigenvalue weighted by molar-refractivity contribution is 0.0995. The van der Waals surface area contributed by atoms with Crippen molar-refractivity contribution in [3.05, 3.63) is 65.6 Å². The van der Waals surface area contributed by atoms with Gasteiger partial charge in [-0.05, 0) is 80.5 Å². The summed E-state index contributed by atoms with van der Waals surface area (Å²) in [5.74, 6) is 0.896. The molecule has 2 saturated heterocycles. The van der Waals surface area contributed by atoms with Crippen LogP contribution in [0.25, 0.3) is 11.4 Å². The van der Waals surface area contributed by atoms with Gasteiger partial charge in [0.2, 0.25) is 0 Å². The van der Waals surface area contributed by atoms with E-state index >= 15 is 0 Å². The molecule has 1 amide bonds. The summed E-state index contributed by atoms with van der Waals surface area (Å²) in [6.45, 7) is 3.32. The van der Waals surface area contributed by atoms with E-state index in [2.05, 4.69) is 25.5 Å². The molecule has 2 fully saturated rings. The minimum atomic E-state index is -0.713. The third-order valence-electron chi connectivity index (χ3n) is 6.21. The summed E-state index contributed by atoms with van der Waals surface area (Å²) in [4.78, 5) is 23.4. The van der Waals surface area contributed by atoms with Crippen LogP contribution in [-0.2, 0) is 6.54 Å². The van der Waals surface area contributed by atoms with E-state index in [0.29, 0.717) is 42.7 Å². The maximum Gasteiger partial charge on any atom is 0.267 e. The van der Waals surface area contributed by atoms with E-state index in [1.807, 2.05) is 12.1 Å². The van der Waals surface area contributed by atoms with E-state index in [1.165, 1.54) is 18.2 Å². The summed E-state index contributed by atoms with van der Waals surface area (Å²) in [7, 11) is 0. The van der Waals surface area contributed by atoms with Crippen LogP contribution in [0.5, 0.6) is 11.5 Å². The van der Waals surface area contributed by atoms with Crippen molar-refractivity contribution in [1.29, 1.82) is 0 Å². The van der Waals surface area contributed by atoms with Crippen LogP contribution in [0.3, 0.4) is 0 Å². The van der Waals surface area contributed by atoms with Crippen LogP contribution in [0.2, 0.25) is 0 Å². The first-order valence-electron chi connectivity index (χ1n) is 11.6. The van der Waals surface area contributed by atoms with Gasteiger partial charge in [0.15, 0.2) is 5.82 Å². The van der Waals surface area contributed by atoms with Crippen molar-refractivity contribution < 1.29 is 19.0 Å². The average Bonchev–Trinajstić information content (AvgIpc) is 3.22. The van der Waals surface area contributed by atoms with Crippen molar-refractivity contribution in [1.82, 2.24) is 20.2 Å². The number of hydrogen-bond donors (Lipinski definition) is 4. The number of carbonyl (C=O) groups is 1. The van der Waals surface area contributed by atoms with Gasteiger partial charge in [-0.15, -0.1) is 0 Å². The fraction of sp³-hybridized carbons (Fsp3) is 0.320. The first-order valence-corrected chi connectivity index (χ1v) is 11.6. The zero-order chi connectivity index (χ0) is 24.4. The second-order valence-electron chi connectivity index (χ2n) is 8.77. The maximum atomic E-state index is 13.3. The molecular weight excluding hydrogens is 451 g/mol. The Labute approximate surface area is 202 Å². The van der Waals surface area contributed by atoms with Gasteiger partial charge in [0.25, 0.3) is 5.91 Å². The number of aromatic nitrogens is 2. The molecule has 5 rings (SSSR count). The van der Waals surface area contributed by atoms with Crippen LogP contribution >= 0.6 is 0 Å². The predicted octanol–water partition coefficient (Wildman–Crippen LogP) is 2.47. The summed E-state index contributed by atoms with van der Waals surface area (Å²) in [6, 6.07) is 12.6. The number of hydrogen-bond acceptors (Lipinski definition) is 8. The molecule has 3 aromatic rings. The lowest BCUT2D eigenvalue weighted by Gasteiger charge is -2.31. The number of likely N-dealkylation sites (tertiary alicyclic amines) is 1. The molecule has 2 atom stereocenters. The summed E-state index contributed by atoms with van der Waals surface area (Å²) < 4.78 is 19.2. The molecular formula is C25H27FN6O3. The molecule has 10 heteroatoms. The Bertz CT molecular complexity index is 1220. The van der Waals surface area contributed by atoms with Crippen LogP contribution in [0.15, 0.2) is 48.5 Å². The quantitative estimate of drug-likeness (QED) is 0.389. The zero-order valence-electron chi connectivity index (χ0n) is 19.1. The zero-order valence-corrected chi connectivity index (χ0v) is 19.1. The number of primary amides is 1. The number of ether oxygens (including phenoxy) is 1. The Hall–Kier alpha value is -3.60. The van der Waals surface area contributed by atoms with Gasteiger partial charge < -0.3 is 20.9 Å². The largest absolute Gasteiger partial charge is 0.457 e. The van der Waals surface area contributed by atoms with Crippen LogP contribution < -0.4 is 21.1 Å². The molecule has 2 aromatic carbocycles. The summed E-state index contributed by atoms with van der Waals surface area (Å²) in [6.07, 6.45) is 1.14. The fourth-order valence-corrected chi connectivity index (χ4v) is 4.20. The Morgan fingerprint density at radius 2 is 1.94 bits per heavy atom. The Morgan fingerprint density at radius 3 is 2.60 bits per heavy atom. The van der Waals surface area contributed by atoms with E-state index in [1.54, 1.807) is 18.2 Å². The number of aliphatic hydroxyl groups excluding tert-OH is 1. The molecule has 2 aliphatic heterocycles. The van der Waals surface area contributed by atoms with E-state index in [9.17, 15) is 14.3 Å². The van der Waals surface area contributed by atoms with Crippen LogP contribution in [0.1, 0.15) is 28.9 Å². The molecule has 0 spiro atoms. The van der Waals surface area contributed by atoms with Gasteiger partial charge in [-0.3, -0.25) is 15.0 Å². The van der Waals surface area contributed by atoms with Crippen molar-refractivity contribution in [3.63, 3.8) is 0 Å². The normalized spacial score (nSPS) is 19.8. The molecule has 0 radical (unpaired) electrons. The number of amides is 1. The maximum absolute atomic E-state index is 13.3.